The highest BCUT2D eigenvalue weighted by molar-refractivity contribution is 7.09. The molecule has 1 aromatic heterocycles. The second-order valence-electron chi connectivity index (χ2n) is 5.17. The fourth-order valence-electron chi connectivity index (χ4n) is 1.81. The van der Waals surface area contributed by atoms with E-state index in [0.717, 1.165) is 19.4 Å². The molecule has 1 saturated carbocycles. The van der Waals surface area contributed by atoms with Gasteiger partial charge in [0, 0.05) is 16.3 Å². The summed E-state index contributed by atoms with van der Waals surface area (Å²) in [5.74, 6) is 0.330. The van der Waals surface area contributed by atoms with Crippen molar-refractivity contribution >= 4 is 17.2 Å². The Morgan fingerprint density at radius 3 is 2.69 bits per heavy atom. The van der Waals surface area contributed by atoms with Crippen molar-refractivity contribution in [2.75, 3.05) is 0 Å². The van der Waals surface area contributed by atoms with Crippen LogP contribution in [-0.2, 0) is 11.3 Å². The standard InChI is InChI=1S/C13H19NOS/c1-10(2)14(9-11-5-4-8-16-11)12(15)13(3)6-7-13/h4-5,8,10H,6-7,9H2,1-3H3. The van der Waals surface area contributed by atoms with Gasteiger partial charge >= 0.3 is 0 Å². The predicted octanol–water partition coefficient (Wildman–Crippen LogP) is 3.29. The zero-order valence-corrected chi connectivity index (χ0v) is 11.0. The number of carbonyl (C=O) groups excluding carboxylic acids is 1. The highest BCUT2D eigenvalue weighted by atomic mass is 32.1. The first-order valence-electron chi connectivity index (χ1n) is 5.86. The van der Waals surface area contributed by atoms with Crippen LogP contribution in [0, 0.1) is 5.41 Å². The van der Waals surface area contributed by atoms with E-state index in [9.17, 15) is 4.79 Å². The van der Waals surface area contributed by atoms with Gasteiger partial charge < -0.3 is 4.90 Å². The third-order valence-electron chi connectivity index (χ3n) is 3.31. The van der Waals surface area contributed by atoms with E-state index in [4.69, 9.17) is 0 Å². The van der Waals surface area contributed by atoms with Gasteiger partial charge in [0.25, 0.3) is 0 Å². The Balaban J connectivity index is 2.08. The van der Waals surface area contributed by atoms with Crippen molar-refractivity contribution in [3.8, 4) is 0 Å². The van der Waals surface area contributed by atoms with Crippen molar-refractivity contribution in [2.45, 2.75) is 46.2 Å². The minimum absolute atomic E-state index is 0.0540. The molecule has 1 amide bonds. The number of nitrogens with zero attached hydrogens (tertiary/aromatic N) is 1. The van der Waals surface area contributed by atoms with Gasteiger partial charge in [-0.05, 0) is 38.1 Å². The first kappa shape index (κ1) is 11.6. The Bertz CT molecular complexity index is 365. The van der Waals surface area contributed by atoms with Crippen molar-refractivity contribution in [3.63, 3.8) is 0 Å². The molecular formula is C13H19NOS. The first-order chi connectivity index (χ1) is 7.53. The molecule has 2 rings (SSSR count). The van der Waals surface area contributed by atoms with E-state index in [2.05, 4.69) is 32.2 Å². The summed E-state index contributed by atoms with van der Waals surface area (Å²) in [5.41, 5.74) is -0.0540. The summed E-state index contributed by atoms with van der Waals surface area (Å²) >= 11 is 1.72. The van der Waals surface area contributed by atoms with E-state index in [1.165, 1.54) is 4.88 Å². The van der Waals surface area contributed by atoms with Gasteiger partial charge in [-0.25, -0.2) is 0 Å². The molecule has 0 N–H and O–H groups in total. The van der Waals surface area contributed by atoms with Crippen molar-refractivity contribution in [1.82, 2.24) is 4.90 Å². The largest absolute Gasteiger partial charge is 0.335 e. The summed E-state index contributed by atoms with van der Waals surface area (Å²) in [6, 6.07) is 4.43. The average molecular weight is 237 g/mol. The van der Waals surface area contributed by atoms with Crippen LogP contribution < -0.4 is 0 Å². The Morgan fingerprint density at radius 1 is 1.56 bits per heavy atom. The van der Waals surface area contributed by atoms with Gasteiger partial charge in [-0.15, -0.1) is 11.3 Å². The molecular weight excluding hydrogens is 218 g/mol. The lowest BCUT2D eigenvalue weighted by Gasteiger charge is -2.29. The predicted molar refractivity (Wildman–Crippen MR) is 67.3 cm³/mol. The minimum atomic E-state index is -0.0540. The van der Waals surface area contributed by atoms with Crippen LogP contribution in [0.2, 0.25) is 0 Å². The number of carbonyl (C=O) groups is 1. The molecule has 88 valence electrons. The molecule has 0 aliphatic heterocycles. The van der Waals surface area contributed by atoms with Gasteiger partial charge in [-0.3, -0.25) is 4.79 Å². The number of thiophene rings is 1. The second-order valence-corrected chi connectivity index (χ2v) is 6.20. The average Bonchev–Trinajstić information content (AvgIpc) is 2.80. The lowest BCUT2D eigenvalue weighted by Crippen LogP contribution is -2.40. The number of hydrogen-bond acceptors (Lipinski definition) is 2. The number of hydrogen-bond donors (Lipinski definition) is 0. The third kappa shape index (κ3) is 2.29. The van der Waals surface area contributed by atoms with Crippen molar-refractivity contribution in [3.05, 3.63) is 22.4 Å². The van der Waals surface area contributed by atoms with Gasteiger partial charge in [0.1, 0.15) is 0 Å². The van der Waals surface area contributed by atoms with Crippen molar-refractivity contribution < 1.29 is 4.79 Å². The Hall–Kier alpha value is -0.830. The second kappa shape index (κ2) is 4.21. The van der Waals surface area contributed by atoms with Crippen LogP contribution in [0.5, 0.6) is 0 Å². The van der Waals surface area contributed by atoms with E-state index < -0.39 is 0 Å². The Morgan fingerprint density at radius 2 is 2.25 bits per heavy atom. The molecule has 0 aromatic carbocycles. The van der Waals surface area contributed by atoms with Crippen LogP contribution in [0.15, 0.2) is 17.5 Å². The SMILES string of the molecule is CC(C)N(Cc1cccs1)C(=O)C1(C)CC1. The maximum Gasteiger partial charge on any atom is 0.229 e. The number of amides is 1. The van der Waals surface area contributed by atoms with Crippen LogP contribution in [0.25, 0.3) is 0 Å². The monoisotopic (exact) mass is 237 g/mol. The van der Waals surface area contributed by atoms with E-state index in [1.54, 1.807) is 11.3 Å². The molecule has 0 bridgehead atoms. The molecule has 1 aromatic rings. The van der Waals surface area contributed by atoms with Crippen LogP contribution in [-0.4, -0.2) is 16.8 Å². The normalized spacial score (nSPS) is 17.5. The smallest absolute Gasteiger partial charge is 0.229 e. The number of rotatable bonds is 4. The fraction of sp³-hybridized carbons (Fsp3) is 0.615. The topological polar surface area (TPSA) is 20.3 Å². The maximum atomic E-state index is 12.3. The molecule has 1 heterocycles. The zero-order chi connectivity index (χ0) is 11.8. The lowest BCUT2D eigenvalue weighted by molar-refractivity contribution is -0.138. The van der Waals surface area contributed by atoms with Gasteiger partial charge in [0.2, 0.25) is 5.91 Å². The minimum Gasteiger partial charge on any atom is -0.335 e. The van der Waals surface area contributed by atoms with Crippen LogP contribution in [0.1, 0.15) is 38.5 Å². The first-order valence-corrected chi connectivity index (χ1v) is 6.74. The van der Waals surface area contributed by atoms with E-state index in [-0.39, 0.29) is 11.5 Å². The molecule has 0 unspecified atom stereocenters. The molecule has 16 heavy (non-hydrogen) atoms. The maximum absolute atomic E-state index is 12.3. The molecule has 0 atom stereocenters. The van der Waals surface area contributed by atoms with Crippen LogP contribution in [0.4, 0.5) is 0 Å². The van der Waals surface area contributed by atoms with Crippen molar-refractivity contribution in [1.29, 1.82) is 0 Å². The molecule has 0 saturated heterocycles. The molecule has 1 fully saturated rings. The molecule has 2 nitrogen and oxygen atoms in total. The molecule has 1 aliphatic rings. The molecule has 0 radical (unpaired) electrons. The summed E-state index contributed by atoms with van der Waals surface area (Å²) in [7, 11) is 0. The zero-order valence-electron chi connectivity index (χ0n) is 10.2. The fourth-order valence-corrected chi connectivity index (χ4v) is 2.51. The quantitative estimate of drug-likeness (QED) is 0.787. The van der Waals surface area contributed by atoms with Crippen LogP contribution in [0.3, 0.4) is 0 Å². The van der Waals surface area contributed by atoms with E-state index in [0.29, 0.717) is 5.91 Å². The summed E-state index contributed by atoms with van der Waals surface area (Å²) in [5, 5.41) is 2.07. The van der Waals surface area contributed by atoms with Gasteiger partial charge in [-0.1, -0.05) is 13.0 Å². The summed E-state index contributed by atoms with van der Waals surface area (Å²) < 4.78 is 0. The van der Waals surface area contributed by atoms with E-state index >= 15 is 0 Å². The van der Waals surface area contributed by atoms with Gasteiger partial charge in [0.15, 0.2) is 0 Å². The highest BCUT2D eigenvalue weighted by Crippen LogP contribution is 2.47. The Labute approximate surface area is 101 Å². The van der Waals surface area contributed by atoms with Crippen molar-refractivity contribution in [2.24, 2.45) is 5.41 Å². The van der Waals surface area contributed by atoms with Gasteiger partial charge in [0.05, 0.1) is 6.54 Å². The molecule has 1 aliphatic carbocycles. The molecule has 3 heteroatoms. The summed E-state index contributed by atoms with van der Waals surface area (Å²) in [6.07, 6.45) is 2.11. The third-order valence-corrected chi connectivity index (χ3v) is 4.17. The van der Waals surface area contributed by atoms with Gasteiger partial charge in [-0.2, -0.15) is 0 Å². The van der Waals surface area contributed by atoms with E-state index in [1.807, 2.05) is 11.0 Å². The highest BCUT2D eigenvalue weighted by Gasteiger charge is 2.47. The molecule has 0 spiro atoms. The summed E-state index contributed by atoms with van der Waals surface area (Å²) in [6.45, 7) is 7.04. The lowest BCUT2D eigenvalue weighted by atomic mass is 10.1. The Kier molecular flexibility index (Phi) is 3.06. The van der Waals surface area contributed by atoms with Crippen LogP contribution >= 0.6 is 11.3 Å². The summed E-state index contributed by atoms with van der Waals surface area (Å²) in [4.78, 5) is 15.6.